The highest BCUT2D eigenvalue weighted by Gasteiger charge is 2.17. The maximum atomic E-state index is 5.93. The van der Waals surface area contributed by atoms with Crippen molar-refractivity contribution in [2.75, 3.05) is 18.1 Å². The van der Waals surface area contributed by atoms with Crippen LogP contribution in [0.4, 0.5) is 5.82 Å². The van der Waals surface area contributed by atoms with Gasteiger partial charge in [0.1, 0.15) is 11.9 Å². The summed E-state index contributed by atoms with van der Waals surface area (Å²) in [4.78, 5) is 8.84. The summed E-state index contributed by atoms with van der Waals surface area (Å²) < 4.78 is 5.93. The van der Waals surface area contributed by atoms with E-state index in [2.05, 4.69) is 22.2 Å². The maximum absolute atomic E-state index is 5.93. The third-order valence-electron chi connectivity index (χ3n) is 3.01. The van der Waals surface area contributed by atoms with E-state index < -0.39 is 0 Å². The Balaban J connectivity index is 2.06. The number of thioether (sulfide) groups is 1. The minimum atomic E-state index is 0.341. The number of ether oxygens (including phenoxy) is 1. The molecule has 100 valence electrons. The van der Waals surface area contributed by atoms with Crippen LogP contribution in [-0.4, -0.2) is 28.9 Å². The van der Waals surface area contributed by atoms with E-state index in [-0.39, 0.29) is 0 Å². The van der Waals surface area contributed by atoms with Crippen molar-refractivity contribution in [3.8, 4) is 5.88 Å². The number of aromatic nitrogens is 2. The average Bonchev–Trinajstić information content (AvgIpc) is 2.89. The van der Waals surface area contributed by atoms with Crippen LogP contribution in [0.2, 0.25) is 0 Å². The van der Waals surface area contributed by atoms with Crippen molar-refractivity contribution in [3.05, 3.63) is 6.07 Å². The zero-order valence-electron chi connectivity index (χ0n) is 11.1. The summed E-state index contributed by atoms with van der Waals surface area (Å²) in [5, 5.41) is 4.06. The summed E-state index contributed by atoms with van der Waals surface area (Å²) in [6.07, 6.45) is 8.24. The van der Waals surface area contributed by atoms with E-state index in [1.54, 1.807) is 11.8 Å². The van der Waals surface area contributed by atoms with Crippen molar-refractivity contribution in [1.29, 1.82) is 0 Å². The second-order valence-electron chi connectivity index (χ2n) is 4.53. The summed E-state index contributed by atoms with van der Waals surface area (Å²) >= 11 is 1.55. The molecule has 0 unspecified atom stereocenters. The highest BCUT2D eigenvalue weighted by molar-refractivity contribution is 7.98. The normalized spacial score (nSPS) is 15.9. The number of nitrogens with zero attached hydrogens (tertiary/aromatic N) is 2. The highest BCUT2D eigenvalue weighted by Crippen LogP contribution is 2.25. The lowest BCUT2D eigenvalue weighted by Gasteiger charge is -2.14. The summed E-state index contributed by atoms with van der Waals surface area (Å²) in [5.41, 5.74) is 0. The number of hydrogen-bond acceptors (Lipinski definition) is 5. The van der Waals surface area contributed by atoms with Gasteiger partial charge in [-0.3, -0.25) is 0 Å². The molecule has 0 spiro atoms. The molecule has 0 bridgehead atoms. The molecule has 1 aliphatic carbocycles. The van der Waals surface area contributed by atoms with Gasteiger partial charge in [-0.1, -0.05) is 18.7 Å². The largest absolute Gasteiger partial charge is 0.474 e. The topological polar surface area (TPSA) is 47.0 Å². The molecule has 1 aromatic rings. The quantitative estimate of drug-likeness (QED) is 0.632. The van der Waals surface area contributed by atoms with Crippen LogP contribution in [0.3, 0.4) is 0 Å². The van der Waals surface area contributed by atoms with Gasteiger partial charge in [-0.25, -0.2) is 4.98 Å². The maximum Gasteiger partial charge on any atom is 0.219 e. The molecule has 0 aromatic carbocycles. The zero-order valence-corrected chi connectivity index (χ0v) is 11.9. The minimum Gasteiger partial charge on any atom is -0.474 e. The number of anilines is 1. The Morgan fingerprint density at radius 3 is 2.83 bits per heavy atom. The lowest BCUT2D eigenvalue weighted by molar-refractivity contribution is 0.199. The number of hydrogen-bond donors (Lipinski definition) is 1. The predicted octanol–water partition coefficient (Wildman–Crippen LogP) is 3.34. The van der Waals surface area contributed by atoms with Crippen LogP contribution in [0, 0.1) is 0 Å². The molecule has 1 saturated carbocycles. The highest BCUT2D eigenvalue weighted by atomic mass is 32.2. The monoisotopic (exact) mass is 267 g/mol. The minimum absolute atomic E-state index is 0.341. The molecule has 1 aliphatic rings. The fourth-order valence-electron chi connectivity index (χ4n) is 2.08. The van der Waals surface area contributed by atoms with Crippen LogP contribution in [0.5, 0.6) is 5.88 Å². The standard InChI is InChI=1S/C13H21N3OS/c1-3-8-14-11-9-12(16-13(15-11)18-2)17-10-6-4-5-7-10/h9-10H,3-8H2,1-2H3,(H,14,15,16). The van der Waals surface area contributed by atoms with Gasteiger partial charge < -0.3 is 10.1 Å². The molecule has 5 heteroatoms. The predicted molar refractivity (Wildman–Crippen MR) is 75.5 cm³/mol. The molecular formula is C13H21N3OS. The molecule has 1 heterocycles. The molecule has 0 radical (unpaired) electrons. The second-order valence-corrected chi connectivity index (χ2v) is 5.30. The second kappa shape index (κ2) is 6.83. The van der Waals surface area contributed by atoms with Crippen LogP contribution >= 0.6 is 11.8 Å². The molecule has 18 heavy (non-hydrogen) atoms. The molecule has 0 aliphatic heterocycles. The Kier molecular flexibility index (Phi) is 5.11. The van der Waals surface area contributed by atoms with Gasteiger partial charge in [-0.15, -0.1) is 0 Å². The smallest absolute Gasteiger partial charge is 0.219 e. The van der Waals surface area contributed by atoms with Crippen molar-refractivity contribution >= 4 is 17.6 Å². The van der Waals surface area contributed by atoms with E-state index in [9.17, 15) is 0 Å². The fraction of sp³-hybridized carbons (Fsp3) is 0.692. The summed E-state index contributed by atoms with van der Waals surface area (Å²) in [5.74, 6) is 1.57. The lowest BCUT2D eigenvalue weighted by Crippen LogP contribution is -2.13. The average molecular weight is 267 g/mol. The molecule has 0 amide bonds. The SMILES string of the molecule is CCCNc1cc(OC2CCCC2)nc(SC)n1. The van der Waals surface area contributed by atoms with Crippen molar-refractivity contribution in [2.24, 2.45) is 0 Å². The van der Waals surface area contributed by atoms with Gasteiger partial charge in [-0.05, 0) is 38.4 Å². The first-order chi connectivity index (χ1) is 8.81. The third-order valence-corrected chi connectivity index (χ3v) is 3.56. The van der Waals surface area contributed by atoms with Crippen LogP contribution in [0.15, 0.2) is 11.2 Å². The molecule has 0 saturated heterocycles. The van der Waals surface area contributed by atoms with E-state index in [0.717, 1.165) is 36.8 Å². The van der Waals surface area contributed by atoms with E-state index in [0.29, 0.717) is 12.0 Å². The summed E-state index contributed by atoms with van der Waals surface area (Å²) in [7, 11) is 0. The Labute approximate surface area is 113 Å². The van der Waals surface area contributed by atoms with Crippen LogP contribution in [0.25, 0.3) is 0 Å². The Hall–Kier alpha value is -0.970. The van der Waals surface area contributed by atoms with Gasteiger partial charge in [0.2, 0.25) is 5.88 Å². The van der Waals surface area contributed by atoms with Gasteiger partial charge in [-0.2, -0.15) is 4.98 Å². The fourth-order valence-corrected chi connectivity index (χ4v) is 2.45. The van der Waals surface area contributed by atoms with Gasteiger partial charge in [0.05, 0.1) is 0 Å². The van der Waals surface area contributed by atoms with Crippen LogP contribution in [-0.2, 0) is 0 Å². The summed E-state index contributed by atoms with van der Waals surface area (Å²) in [6.45, 7) is 3.06. The number of nitrogens with one attached hydrogen (secondary N) is 1. The Bertz CT molecular complexity index is 380. The van der Waals surface area contributed by atoms with E-state index in [4.69, 9.17) is 4.74 Å². The first kappa shape index (κ1) is 13.5. The van der Waals surface area contributed by atoms with Gasteiger partial charge in [0.25, 0.3) is 0 Å². The van der Waals surface area contributed by atoms with Crippen molar-refractivity contribution < 1.29 is 4.74 Å². The first-order valence-corrected chi connectivity index (χ1v) is 7.88. The molecule has 0 atom stereocenters. The Morgan fingerprint density at radius 2 is 2.17 bits per heavy atom. The van der Waals surface area contributed by atoms with Crippen molar-refractivity contribution in [2.45, 2.75) is 50.3 Å². The van der Waals surface area contributed by atoms with Crippen molar-refractivity contribution in [1.82, 2.24) is 9.97 Å². The molecule has 4 nitrogen and oxygen atoms in total. The van der Waals surface area contributed by atoms with E-state index in [1.807, 2.05) is 12.3 Å². The van der Waals surface area contributed by atoms with Crippen LogP contribution < -0.4 is 10.1 Å². The van der Waals surface area contributed by atoms with Crippen LogP contribution in [0.1, 0.15) is 39.0 Å². The van der Waals surface area contributed by atoms with Gasteiger partial charge >= 0.3 is 0 Å². The van der Waals surface area contributed by atoms with Gasteiger partial charge in [0.15, 0.2) is 5.16 Å². The van der Waals surface area contributed by atoms with Crippen molar-refractivity contribution in [3.63, 3.8) is 0 Å². The molecule has 2 rings (SSSR count). The lowest BCUT2D eigenvalue weighted by atomic mass is 10.3. The number of rotatable bonds is 6. The molecule has 1 aromatic heterocycles. The molecule has 1 fully saturated rings. The van der Waals surface area contributed by atoms with E-state index >= 15 is 0 Å². The Morgan fingerprint density at radius 1 is 1.39 bits per heavy atom. The zero-order chi connectivity index (χ0) is 12.8. The first-order valence-electron chi connectivity index (χ1n) is 6.65. The third kappa shape index (κ3) is 3.77. The van der Waals surface area contributed by atoms with Gasteiger partial charge in [0, 0.05) is 12.6 Å². The summed E-state index contributed by atoms with van der Waals surface area (Å²) in [6, 6.07) is 1.91. The molecule has 1 N–H and O–H groups in total. The molecular weight excluding hydrogens is 246 g/mol. The van der Waals surface area contributed by atoms with E-state index in [1.165, 1.54) is 12.8 Å².